The van der Waals surface area contributed by atoms with E-state index in [4.69, 9.17) is 0 Å². The number of hydrogen-bond donors (Lipinski definition) is 0. The van der Waals surface area contributed by atoms with Crippen molar-refractivity contribution < 1.29 is 22.9 Å². The van der Waals surface area contributed by atoms with E-state index in [0.717, 1.165) is 12.1 Å². The average Bonchev–Trinajstić information content (AvgIpc) is 2.82. The molecule has 8 nitrogen and oxygen atoms in total. The summed E-state index contributed by atoms with van der Waals surface area (Å²) in [7, 11) is -2.59. The minimum atomic E-state index is -3.85. The summed E-state index contributed by atoms with van der Waals surface area (Å²) in [4.78, 5) is 21.7. The van der Waals surface area contributed by atoms with Crippen molar-refractivity contribution in [3.63, 3.8) is 0 Å². The van der Waals surface area contributed by atoms with Crippen molar-refractivity contribution in [3.8, 4) is 0 Å². The fraction of sp³-hybridized carbons (Fsp3) is 0.533. The van der Waals surface area contributed by atoms with Crippen LogP contribution in [0.5, 0.6) is 0 Å². The molecule has 0 radical (unpaired) electrons. The van der Waals surface area contributed by atoms with Gasteiger partial charge in [-0.25, -0.2) is 8.42 Å². The highest BCUT2D eigenvalue weighted by Gasteiger charge is 2.44. The van der Waals surface area contributed by atoms with Crippen LogP contribution < -0.4 is 0 Å². The molecule has 0 amide bonds. The van der Waals surface area contributed by atoms with Crippen molar-refractivity contribution in [1.82, 2.24) is 4.31 Å². The molecule has 0 aliphatic carbocycles. The van der Waals surface area contributed by atoms with Gasteiger partial charge in [0.05, 0.1) is 23.3 Å². The van der Waals surface area contributed by atoms with Gasteiger partial charge in [0.2, 0.25) is 10.0 Å². The summed E-state index contributed by atoms with van der Waals surface area (Å²) in [5.74, 6) is -0.471. The minimum absolute atomic E-state index is 0.0217. The van der Waals surface area contributed by atoms with E-state index in [2.05, 4.69) is 4.74 Å². The second-order valence-electron chi connectivity index (χ2n) is 6.60. The molecule has 1 heterocycles. The summed E-state index contributed by atoms with van der Waals surface area (Å²) < 4.78 is 31.7. The van der Waals surface area contributed by atoms with E-state index in [1.54, 1.807) is 0 Å². The smallest absolute Gasteiger partial charge is 0.307 e. The number of sulfonamides is 1. The first kappa shape index (κ1) is 18.3. The Labute approximate surface area is 140 Å². The summed E-state index contributed by atoms with van der Waals surface area (Å²) in [6.07, 6.45) is 0.514. The highest BCUT2D eigenvalue weighted by molar-refractivity contribution is 7.89. The van der Waals surface area contributed by atoms with E-state index in [0.29, 0.717) is 6.42 Å². The first-order chi connectivity index (χ1) is 11.1. The number of nitrogens with zero attached hydrogens (tertiary/aromatic N) is 2. The Morgan fingerprint density at radius 1 is 1.38 bits per heavy atom. The van der Waals surface area contributed by atoms with Crippen molar-refractivity contribution in [3.05, 3.63) is 34.4 Å². The Balaban J connectivity index is 2.34. The van der Waals surface area contributed by atoms with Crippen molar-refractivity contribution in [2.75, 3.05) is 13.7 Å². The number of hydrogen-bond acceptors (Lipinski definition) is 6. The van der Waals surface area contributed by atoms with E-state index in [1.807, 2.05) is 13.8 Å². The lowest BCUT2D eigenvalue weighted by atomic mass is 9.90. The molecule has 0 N–H and O–H groups in total. The molecule has 1 fully saturated rings. The molecular weight excluding hydrogens is 336 g/mol. The number of carbonyl (C=O) groups excluding carboxylic acids is 1. The van der Waals surface area contributed by atoms with E-state index in [9.17, 15) is 23.3 Å². The van der Waals surface area contributed by atoms with Crippen molar-refractivity contribution in [1.29, 1.82) is 0 Å². The molecule has 0 saturated carbocycles. The monoisotopic (exact) mass is 356 g/mol. The van der Waals surface area contributed by atoms with Gasteiger partial charge in [0.25, 0.3) is 5.69 Å². The van der Waals surface area contributed by atoms with Crippen LogP contribution >= 0.6 is 0 Å². The number of rotatable bonds is 5. The van der Waals surface area contributed by atoms with Gasteiger partial charge in [-0.3, -0.25) is 14.9 Å². The van der Waals surface area contributed by atoms with Crippen LogP contribution in [0.3, 0.4) is 0 Å². The van der Waals surface area contributed by atoms with E-state index >= 15 is 0 Å². The average molecular weight is 356 g/mol. The molecule has 0 spiro atoms. The van der Waals surface area contributed by atoms with Crippen LogP contribution in [0.25, 0.3) is 0 Å². The maximum Gasteiger partial charge on any atom is 0.307 e. The number of ether oxygens (including phenoxy) is 1. The molecule has 24 heavy (non-hydrogen) atoms. The first-order valence-corrected chi connectivity index (χ1v) is 8.84. The third kappa shape index (κ3) is 3.73. The Morgan fingerprint density at radius 2 is 1.96 bits per heavy atom. The third-order valence-electron chi connectivity index (χ3n) is 4.06. The van der Waals surface area contributed by atoms with Crippen LogP contribution in [0.4, 0.5) is 5.69 Å². The topological polar surface area (TPSA) is 107 Å². The molecule has 1 aliphatic rings. The quantitative estimate of drug-likeness (QED) is 0.453. The highest BCUT2D eigenvalue weighted by Crippen LogP contribution is 2.39. The maximum atomic E-state index is 12.9. The van der Waals surface area contributed by atoms with Gasteiger partial charge in [-0.1, -0.05) is 13.8 Å². The number of non-ortho nitro benzene ring substituents is 1. The van der Waals surface area contributed by atoms with Crippen LogP contribution in [0.1, 0.15) is 26.7 Å². The molecule has 0 bridgehead atoms. The van der Waals surface area contributed by atoms with Gasteiger partial charge in [-0.05, 0) is 24.0 Å². The minimum Gasteiger partial charge on any atom is -0.469 e. The summed E-state index contributed by atoms with van der Waals surface area (Å²) in [6, 6.07) is 4.25. The Hall–Kier alpha value is -2.00. The van der Waals surface area contributed by atoms with Gasteiger partial charge in [-0.2, -0.15) is 4.31 Å². The lowest BCUT2D eigenvalue weighted by Crippen LogP contribution is -2.37. The Bertz CT molecular complexity index is 742. The molecule has 1 atom stereocenters. The maximum absolute atomic E-state index is 12.9. The summed E-state index contributed by atoms with van der Waals surface area (Å²) in [6.45, 7) is 4.14. The molecule has 1 saturated heterocycles. The van der Waals surface area contributed by atoms with Gasteiger partial charge in [-0.15, -0.1) is 0 Å². The predicted molar refractivity (Wildman–Crippen MR) is 85.8 cm³/mol. The molecule has 1 aromatic carbocycles. The lowest BCUT2D eigenvalue weighted by molar-refractivity contribution is -0.384. The molecule has 132 valence electrons. The van der Waals surface area contributed by atoms with Crippen LogP contribution in [-0.2, 0) is 19.6 Å². The largest absolute Gasteiger partial charge is 0.469 e. The van der Waals surface area contributed by atoms with Crippen molar-refractivity contribution in [2.24, 2.45) is 5.41 Å². The molecule has 2 rings (SSSR count). The summed E-state index contributed by atoms with van der Waals surface area (Å²) >= 11 is 0. The lowest BCUT2D eigenvalue weighted by Gasteiger charge is -2.23. The molecule has 9 heteroatoms. The zero-order valence-corrected chi connectivity index (χ0v) is 14.6. The molecule has 1 unspecified atom stereocenters. The van der Waals surface area contributed by atoms with Gasteiger partial charge in [0.15, 0.2) is 0 Å². The molecule has 1 aliphatic heterocycles. The Morgan fingerprint density at radius 3 is 2.46 bits per heavy atom. The summed E-state index contributed by atoms with van der Waals surface area (Å²) in [5.41, 5.74) is -0.450. The van der Waals surface area contributed by atoms with Crippen LogP contribution in [0.15, 0.2) is 29.2 Å². The predicted octanol–water partition coefficient (Wildman–Crippen LogP) is 1.95. The van der Waals surface area contributed by atoms with Crippen LogP contribution in [0.2, 0.25) is 0 Å². The third-order valence-corrected chi connectivity index (χ3v) is 5.98. The first-order valence-electron chi connectivity index (χ1n) is 7.40. The molecular formula is C15H20N2O6S. The zero-order chi connectivity index (χ0) is 18.1. The molecule has 1 aromatic rings. The van der Waals surface area contributed by atoms with Crippen molar-refractivity contribution >= 4 is 21.7 Å². The van der Waals surface area contributed by atoms with Gasteiger partial charge >= 0.3 is 5.97 Å². The van der Waals surface area contributed by atoms with Crippen molar-refractivity contribution in [2.45, 2.75) is 37.6 Å². The number of esters is 1. The Kier molecular flexibility index (Phi) is 4.95. The number of benzene rings is 1. The van der Waals surface area contributed by atoms with Gasteiger partial charge < -0.3 is 4.74 Å². The fourth-order valence-corrected chi connectivity index (χ4v) is 4.77. The van der Waals surface area contributed by atoms with E-state index < -0.39 is 27.0 Å². The second-order valence-corrected chi connectivity index (χ2v) is 8.49. The normalized spacial score (nSPS) is 20.7. The fourth-order valence-electron chi connectivity index (χ4n) is 2.96. The number of carbonyl (C=O) groups is 1. The SMILES string of the molecule is COC(=O)CC1CC(C)(C)CN1S(=O)(=O)c1ccc([N+](=O)[O-])cc1. The standard InChI is InChI=1S/C15H20N2O6S/c1-15(2)9-12(8-14(18)23-3)16(10-15)24(21,22)13-6-4-11(5-7-13)17(19)20/h4-7,12H,8-10H2,1-3H3. The number of nitro benzene ring substituents is 1. The van der Waals surface area contributed by atoms with Crippen LogP contribution in [-0.4, -0.2) is 43.3 Å². The number of methoxy groups -OCH3 is 1. The molecule has 0 aromatic heterocycles. The number of nitro groups is 1. The van der Waals surface area contributed by atoms with Gasteiger partial charge in [0.1, 0.15) is 0 Å². The van der Waals surface area contributed by atoms with E-state index in [-0.39, 0.29) is 29.0 Å². The van der Waals surface area contributed by atoms with E-state index in [1.165, 1.54) is 23.5 Å². The van der Waals surface area contributed by atoms with Crippen LogP contribution in [0, 0.1) is 15.5 Å². The highest BCUT2D eigenvalue weighted by atomic mass is 32.2. The zero-order valence-electron chi connectivity index (χ0n) is 13.8. The summed E-state index contributed by atoms with van der Waals surface area (Å²) in [5, 5.41) is 10.7. The second kappa shape index (κ2) is 6.48. The van der Waals surface area contributed by atoms with Gasteiger partial charge in [0, 0.05) is 24.7 Å².